The van der Waals surface area contributed by atoms with Crippen LogP contribution in [0.2, 0.25) is 0 Å². The van der Waals surface area contributed by atoms with E-state index in [-0.39, 0.29) is 5.69 Å². The second-order valence-corrected chi connectivity index (χ2v) is 4.54. The molecule has 20 heavy (non-hydrogen) atoms. The highest BCUT2D eigenvalue weighted by atomic mass is 19.1. The summed E-state index contributed by atoms with van der Waals surface area (Å²) in [5.41, 5.74) is 1.26. The minimum atomic E-state index is -0.711. The van der Waals surface area contributed by atoms with E-state index in [1.807, 2.05) is 19.1 Å². The van der Waals surface area contributed by atoms with Gasteiger partial charge in [-0.1, -0.05) is 29.8 Å². The van der Waals surface area contributed by atoms with Gasteiger partial charge >= 0.3 is 0 Å². The van der Waals surface area contributed by atoms with Crippen molar-refractivity contribution in [3.63, 3.8) is 0 Å². The largest absolute Gasteiger partial charge is 0.481 e. The Hall–Kier alpha value is -2.36. The number of benzene rings is 2. The number of ether oxygens (including phenoxy) is 1. The topological polar surface area (TPSA) is 38.3 Å². The molecule has 104 valence electrons. The highest BCUT2D eigenvalue weighted by molar-refractivity contribution is 5.94. The van der Waals surface area contributed by atoms with Crippen molar-refractivity contribution < 1.29 is 13.9 Å². The number of para-hydroxylation sites is 1. The van der Waals surface area contributed by atoms with Crippen molar-refractivity contribution in [2.45, 2.75) is 20.0 Å². The van der Waals surface area contributed by atoms with E-state index < -0.39 is 17.8 Å². The fourth-order valence-corrected chi connectivity index (χ4v) is 1.67. The van der Waals surface area contributed by atoms with E-state index in [9.17, 15) is 9.18 Å². The van der Waals surface area contributed by atoms with Gasteiger partial charge in [0.25, 0.3) is 5.91 Å². The molecule has 0 saturated carbocycles. The van der Waals surface area contributed by atoms with E-state index in [1.54, 1.807) is 31.2 Å². The van der Waals surface area contributed by atoms with Gasteiger partial charge < -0.3 is 10.1 Å². The summed E-state index contributed by atoms with van der Waals surface area (Å²) >= 11 is 0. The number of carbonyl (C=O) groups excluding carboxylic acids is 1. The quantitative estimate of drug-likeness (QED) is 0.925. The van der Waals surface area contributed by atoms with Crippen LogP contribution in [0, 0.1) is 12.7 Å². The Morgan fingerprint density at radius 3 is 2.45 bits per heavy atom. The number of anilines is 1. The molecule has 2 rings (SSSR count). The molecule has 0 unspecified atom stereocenters. The lowest BCUT2D eigenvalue weighted by atomic mass is 10.2. The third-order valence-corrected chi connectivity index (χ3v) is 2.83. The standard InChI is InChI=1S/C16H16FNO2/c1-11-7-9-13(10-8-11)20-12(2)16(19)18-15-6-4-3-5-14(15)17/h3-10,12H,1-2H3,(H,18,19)/t12-/m0/s1. The van der Waals surface area contributed by atoms with Crippen molar-refractivity contribution in [3.8, 4) is 5.75 Å². The van der Waals surface area contributed by atoms with Crippen LogP contribution in [0.4, 0.5) is 10.1 Å². The first kappa shape index (κ1) is 14.1. The molecule has 0 saturated heterocycles. The monoisotopic (exact) mass is 273 g/mol. The maximum absolute atomic E-state index is 13.4. The van der Waals surface area contributed by atoms with Gasteiger partial charge in [0.1, 0.15) is 11.6 Å². The van der Waals surface area contributed by atoms with Crippen molar-refractivity contribution in [1.82, 2.24) is 0 Å². The number of halogens is 1. The Kier molecular flexibility index (Phi) is 4.35. The molecule has 1 atom stereocenters. The van der Waals surface area contributed by atoms with Crippen molar-refractivity contribution in [2.24, 2.45) is 0 Å². The summed E-state index contributed by atoms with van der Waals surface area (Å²) in [7, 11) is 0. The van der Waals surface area contributed by atoms with E-state index in [1.165, 1.54) is 12.1 Å². The van der Waals surface area contributed by atoms with Gasteiger partial charge in [-0.15, -0.1) is 0 Å². The summed E-state index contributed by atoms with van der Waals surface area (Å²) in [6.45, 7) is 3.59. The predicted molar refractivity (Wildman–Crippen MR) is 76.3 cm³/mol. The summed E-state index contributed by atoms with van der Waals surface area (Å²) in [5, 5.41) is 2.50. The zero-order valence-corrected chi connectivity index (χ0v) is 11.4. The summed E-state index contributed by atoms with van der Waals surface area (Å²) < 4.78 is 18.9. The van der Waals surface area contributed by atoms with E-state index in [0.717, 1.165) is 5.56 Å². The molecule has 1 N–H and O–H groups in total. The Balaban J connectivity index is 1.99. The first-order valence-corrected chi connectivity index (χ1v) is 6.35. The molecule has 0 spiro atoms. The molecular formula is C16H16FNO2. The first-order chi connectivity index (χ1) is 9.56. The Morgan fingerprint density at radius 2 is 1.80 bits per heavy atom. The zero-order valence-electron chi connectivity index (χ0n) is 11.4. The van der Waals surface area contributed by atoms with Gasteiger partial charge in [-0.05, 0) is 38.1 Å². The minimum Gasteiger partial charge on any atom is -0.481 e. The molecule has 0 fully saturated rings. The highest BCUT2D eigenvalue weighted by Gasteiger charge is 2.16. The fourth-order valence-electron chi connectivity index (χ4n) is 1.67. The fraction of sp³-hybridized carbons (Fsp3) is 0.188. The van der Waals surface area contributed by atoms with E-state index in [0.29, 0.717) is 5.75 Å². The number of carbonyl (C=O) groups is 1. The van der Waals surface area contributed by atoms with Crippen molar-refractivity contribution in [1.29, 1.82) is 0 Å². The third-order valence-electron chi connectivity index (χ3n) is 2.83. The van der Waals surface area contributed by atoms with Crippen LogP contribution in [-0.2, 0) is 4.79 Å². The number of nitrogens with one attached hydrogen (secondary N) is 1. The lowest BCUT2D eigenvalue weighted by Crippen LogP contribution is -2.30. The summed E-state index contributed by atoms with van der Waals surface area (Å²) in [5.74, 6) is -0.258. The van der Waals surface area contributed by atoms with Crippen LogP contribution in [0.1, 0.15) is 12.5 Å². The smallest absolute Gasteiger partial charge is 0.265 e. The summed E-state index contributed by atoms with van der Waals surface area (Å²) in [4.78, 5) is 11.9. The molecule has 4 heteroatoms. The zero-order chi connectivity index (χ0) is 14.5. The Bertz CT molecular complexity index is 596. The molecular weight excluding hydrogens is 257 g/mol. The number of hydrogen-bond donors (Lipinski definition) is 1. The summed E-state index contributed by atoms with van der Waals surface area (Å²) in [6.07, 6.45) is -0.711. The van der Waals surface area contributed by atoms with Gasteiger partial charge in [0.2, 0.25) is 0 Å². The molecule has 0 aromatic heterocycles. The molecule has 0 bridgehead atoms. The molecule has 3 nitrogen and oxygen atoms in total. The van der Waals surface area contributed by atoms with E-state index >= 15 is 0 Å². The van der Waals surface area contributed by atoms with Crippen LogP contribution in [0.15, 0.2) is 48.5 Å². The van der Waals surface area contributed by atoms with Crippen molar-refractivity contribution >= 4 is 11.6 Å². The molecule has 0 heterocycles. The average Bonchev–Trinajstić information content (AvgIpc) is 2.44. The average molecular weight is 273 g/mol. The lowest BCUT2D eigenvalue weighted by molar-refractivity contribution is -0.122. The van der Waals surface area contributed by atoms with Gasteiger partial charge in [-0.25, -0.2) is 4.39 Å². The van der Waals surface area contributed by atoms with Gasteiger partial charge in [-0.2, -0.15) is 0 Å². The molecule has 0 aliphatic carbocycles. The molecule has 0 aliphatic rings. The van der Waals surface area contributed by atoms with Crippen LogP contribution in [-0.4, -0.2) is 12.0 Å². The number of amides is 1. The van der Waals surface area contributed by atoms with Gasteiger partial charge in [0.05, 0.1) is 5.69 Å². The molecule has 0 radical (unpaired) electrons. The van der Waals surface area contributed by atoms with Gasteiger partial charge in [-0.3, -0.25) is 4.79 Å². The normalized spacial score (nSPS) is 11.8. The maximum atomic E-state index is 13.4. The lowest BCUT2D eigenvalue weighted by Gasteiger charge is -2.15. The minimum absolute atomic E-state index is 0.150. The molecule has 2 aromatic carbocycles. The first-order valence-electron chi connectivity index (χ1n) is 6.35. The molecule has 0 aliphatic heterocycles. The highest BCUT2D eigenvalue weighted by Crippen LogP contribution is 2.16. The number of aryl methyl sites for hydroxylation is 1. The molecule has 2 aromatic rings. The van der Waals surface area contributed by atoms with Crippen LogP contribution in [0.5, 0.6) is 5.75 Å². The van der Waals surface area contributed by atoms with Crippen LogP contribution >= 0.6 is 0 Å². The van der Waals surface area contributed by atoms with Crippen LogP contribution in [0.25, 0.3) is 0 Å². The predicted octanol–water partition coefficient (Wildman–Crippen LogP) is 3.54. The second kappa shape index (κ2) is 6.19. The maximum Gasteiger partial charge on any atom is 0.265 e. The number of hydrogen-bond acceptors (Lipinski definition) is 2. The SMILES string of the molecule is Cc1ccc(O[C@@H](C)C(=O)Nc2ccccc2F)cc1. The van der Waals surface area contributed by atoms with Gasteiger partial charge in [0.15, 0.2) is 6.10 Å². The van der Waals surface area contributed by atoms with Crippen LogP contribution in [0.3, 0.4) is 0 Å². The van der Waals surface area contributed by atoms with E-state index in [2.05, 4.69) is 5.32 Å². The van der Waals surface area contributed by atoms with Crippen molar-refractivity contribution in [3.05, 3.63) is 59.9 Å². The third kappa shape index (κ3) is 3.57. The van der Waals surface area contributed by atoms with Crippen molar-refractivity contribution in [2.75, 3.05) is 5.32 Å². The molecule has 1 amide bonds. The summed E-state index contributed by atoms with van der Waals surface area (Å²) in [6, 6.07) is 13.4. The Labute approximate surface area is 117 Å². The van der Waals surface area contributed by atoms with Gasteiger partial charge in [0, 0.05) is 0 Å². The van der Waals surface area contributed by atoms with E-state index in [4.69, 9.17) is 4.74 Å². The van der Waals surface area contributed by atoms with Crippen LogP contribution < -0.4 is 10.1 Å². The second-order valence-electron chi connectivity index (χ2n) is 4.54. The Morgan fingerprint density at radius 1 is 1.15 bits per heavy atom. The number of rotatable bonds is 4.